The maximum Gasteiger partial charge on any atom is 0.262 e. The Bertz CT molecular complexity index is 1160. The number of carbonyl (C=O) groups excluding carboxylic acids is 2. The van der Waals surface area contributed by atoms with Crippen LogP contribution in [0.4, 0.5) is 5.69 Å². The Labute approximate surface area is 173 Å². The normalized spacial score (nSPS) is 10.7. The molecule has 1 aromatic heterocycles. The predicted molar refractivity (Wildman–Crippen MR) is 117 cm³/mol. The van der Waals surface area contributed by atoms with Crippen LogP contribution in [0.5, 0.6) is 5.75 Å². The third-order valence-electron chi connectivity index (χ3n) is 4.71. The summed E-state index contributed by atoms with van der Waals surface area (Å²) in [7, 11) is 0. The number of fused-ring (bicyclic) bond motifs is 1. The summed E-state index contributed by atoms with van der Waals surface area (Å²) >= 11 is 0. The number of anilines is 1. The fourth-order valence-electron chi connectivity index (χ4n) is 3.16. The molecule has 0 spiro atoms. The van der Waals surface area contributed by atoms with Crippen LogP contribution in [0.25, 0.3) is 22.4 Å². The summed E-state index contributed by atoms with van der Waals surface area (Å²) in [5, 5.41) is 2.88. The van der Waals surface area contributed by atoms with Crippen LogP contribution < -0.4 is 10.1 Å². The molecule has 0 radical (unpaired) electrons. The monoisotopic (exact) mass is 399 g/mol. The van der Waals surface area contributed by atoms with Crippen molar-refractivity contribution in [1.82, 2.24) is 9.97 Å². The molecule has 30 heavy (non-hydrogen) atoms. The van der Waals surface area contributed by atoms with Gasteiger partial charge in [0.15, 0.2) is 12.4 Å². The average molecular weight is 399 g/mol. The van der Waals surface area contributed by atoms with Crippen molar-refractivity contribution in [2.24, 2.45) is 0 Å². The van der Waals surface area contributed by atoms with Gasteiger partial charge < -0.3 is 15.0 Å². The fourth-order valence-corrected chi connectivity index (χ4v) is 3.16. The van der Waals surface area contributed by atoms with Gasteiger partial charge in [-0.1, -0.05) is 31.2 Å². The van der Waals surface area contributed by atoms with Crippen LogP contribution in [-0.2, 0) is 4.79 Å². The number of aromatic nitrogens is 2. The fraction of sp³-hybridized carbons (Fsp3) is 0.125. The van der Waals surface area contributed by atoms with E-state index < -0.39 is 0 Å². The van der Waals surface area contributed by atoms with Crippen molar-refractivity contribution in [2.75, 3.05) is 11.9 Å². The van der Waals surface area contributed by atoms with E-state index in [-0.39, 0.29) is 18.3 Å². The van der Waals surface area contributed by atoms with Gasteiger partial charge in [-0.3, -0.25) is 9.59 Å². The molecule has 0 aliphatic carbocycles. The summed E-state index contributed by atoms with van der Waals surface area (Å²) in [6.45, 7) is 1.68. The maximum absolute atomic E-state index is 12.4. The molecule has 0 saturated heterocycles. The number of H-pyrrole nitrogens is 1. The van der Waals surface area contributed by atoms with Crippen molar-refractivity contribution in [3.8, 4) is 17.1 Å². The predicted octanol–water partition coefficient (Wildman–Crippen LogP) is 4.84. The van der Waals surface area contributed by atoms with Crippen LogP contribution in [0.15, 0.2) is 72.8 Å². The highest BCUT2D eigenvalue weighted by molar-refractivity contribution is 5.97. The summed E-state index contributed by atoms with van der Waals surface area (Å²) < 4.78 is 5.56. The van der Waals surface area contributed by atoms with Crippen molar-refractivity contribution in [2.45, 2.75) is 13.3 Å². The largest absolute Gasteiger partial charge is 0.484 e. The highest BCUT2D eigenvalue weighted by atomic mass is 16.5. The van der Waals surface area contributed by atoms with Crippen LogP contribution in [0.1, 0.15) is 23.7 Å². The lowest BCUT2D eigenvalue weighted by Crippen LogP contribution is -2.20. The van der Waals surface area contributed by atoms with Crippen molar-refractivity contribution in [1.29, 1.82) is 0 Å². The van der Waals surface area contributed by atoms with Crippen molar-refractivity contribution in [3.63, 3.8) is 0 Å². The minimum Gasteiger partial charge on any atom is -0.484 e. The van der Waals surface area contributed by atoms with Gasteiger partial charge in [0.2, 0.25) is 0 Å². The molecule has 0 fully saturated rings. The molecule has 0 saturated carbocycles. The van der Waals surface area contributed by atoms with Gasteiger partial charge in [-0.25, -0.2) is 4.98 Å². The van der Waals surface area contributed by atoms with E-state index in [2.05, 4.69) is 15.3 Å². The summed E-state index contributed by atoms with van der Waals surface area (Å²) in [6, 6.07) is 22.0. The number of para-hydroxylation sites is 3. The number of rotatable bonds is 7. The minimum atomic E-state index is -0.285. The second kappa shape index (κ2) is 8.61. The second-order valence-corrected chi connectivity index (χ2v) is 6.79. The SMILES string of the molecule is CCC(=O)c1ccc(OCC(=O)Nc2ccccc2-c2nc3ccccc3[nH]2)cc1. The highest BCUT2D eigenvalue weighted by Crippen LogP contribution is 2.27. The van der Waals surface area contributed by atoms with E-state index in [0.29, 0.717) is 29.2 Å². The molecule has 1 amide bonds. The summed E-state index contributed by atoms with van der Waals surface area (Å²) in [5.74, 6) is 1.00. The number of carbonyl (C=O) groups is 2. The first kappa shape index (κ1) is 19.4. The quantitative estimate of drug-likeness (QED) is 0.436. The lowest BCUT2D eigenvalue weighted by atomic mass is 10.1. The van der Waals surface area contributed by atoms with Gasteiger partial charge in [0.25, 0.3) is 5.91 Å². The molecule has 4 rings (SSSR count). The van der Waals surface area contributed by atoms with E-state index in [1.807, 2.05) is 55.5 Å². The van der Waals surface area contributed by atoms with E-state index in [9.17, 15) is 9.59 Å². The van der Waals surface area contributed by atoms with Gasteiger partial charge in [-0.05, 0) is 48.5 Å². The minimum absolute atomic E-state index is 0.0708. The molecule has 6 heteroatoms. The van der Waals surface area contributed by atoms with E-state index in [1.165, 1.54) is 0 Å². The van der Waals surface area contributed by atoms with E-state index in [4.69, 9.17) is 4.74 Å². The standard InChI is InChI=1S/C24H21N3O3/c1-2-22(28)16-11-13-17(14-12-16)30-15-23(29)25-19-8-4-3-7-18(19)24-26-20-9-5-6-10-21(20)27-24/h3-14H,2,15H2,1H3,(H,25,29)(H,26,27). The van der Waals surface area contributed by atoms with Gasteiger partial charge in [0.05, 0.1) is 16.7 Å². The van der Waals surface area contributed by atoms with E-state index >= 15 is 0 Å². The number of imidazole rings is 1. The van der Waals surface area contributed by atoms with Crippen molar-refractivity contribution < 1.29 is 14.3 Å². The van der Waals surface area contributed by atoms with Gasteiger partial charge in [0, 0.05) is 17.5 Å². The number of aromatic amines is 1. The number of hydrogen-bond acceptors (Lipinski definition) is 4. The van der Waals surface area contributed by atoms with Crippen LogP contribution in [0.3, 0.4) is 0 Å². The number of ether oxygens (including phenoxy) is 1. The molecule has 3 aromatic carbocycles. The highest BCUT2D eigenvalue weighted by Gasteiger charge is 2.12. The molecule has 4 aromatic rings. The number of Topliss-reactive ketones (excluding diaryl/α,β-unsaturated/α-hetero) is 1. The molecule has 1 heterocycles. The summed E-state index contributed by atoms with van der Waals surface area (Å²) in [6.07, 6.45) is 0.452. The first-order valence-electron chi connectivity index (χ1n) is 9.74. The Morgan fingerprint density at radius 2 is 1.70 bits per heavy atom. The second-order valence-electron chi connectivity index (χ2n) is 6.79. The molecule has 0 aliphatic heterocycles. The number of benzene rings is 3. The zero-order valence-corrected chi connectivity index (χ0v) is 16.5. The van der Waals surface area contributed by atoms with Gasteiger partial charge >= 0.3 is 0 Å². The Kier molecular flexibility index (Phi) is 5.57. The van der Waals surface area contributed by atoms with Crippen LogP contribution in [0.2, 0.25) is 0 Å². The number of nitrogens with zero attached hydrogens (tertiary/aromatic N) is 1. The molecule has 0 aliphatic rings. The smallest absolute Gasteiger partial charge is 0.262 e. The molecule has 0 bridgehead atoms. The lowest BCUT2D eigenvalue weighted by molar-refractivity contribution is -0.118. The van der Waals surface area contributed by atoms with E-state index in [1.54, 1.807) is 24.3 Å². The molecular weight excluding hydrogens is 378 g/mol. The van der Waals surface area contributed by atoms with Crippen molar-refractivity contribution >= 4 is 28.4 Å². The molecule has 150 valence electrons. The third-order valence-corrected chi connectivity index (χ3v) is 4.71. The average Bonchev–Trinajstić information content (AvgIpc) is 3.22. The first-order chi connectivity index (χ1) is 14.6. The zero-order chi connectivity index (χ0) is 20.9. The Morgan fingerprint density at radius 1 is 0.967 bits per heavy atom. The number of hydrogen-bond donors (Lipinski definition) is 2. The van der Waals surface area contributed by atoms with Crippen LogP contribution in [0, 0.1) is 0 Å². The van der Waals surface area contributed by atoms with Gasteiger partial charge in [-0.2, -0.15) is 0 Å². The number of amides is 1. The number of nitrogens with one attached hydrogen (secondary N) is 2. The zero-order valence-electron chi connectivity index (χ0n) is 16.5. The summed E-state index contributed by atoms with van der Waals surface area (Å²) in [5.41, 5.74) is 3.87. The topological polar surface area (TPSA) is 84.1 Å². The Morgan fingerprint density at radius 3 is 2.47 bits per heavy atom. The molecule has 0 atom stereocenters. The lowest BCUT2D eigenvalue weighted by Gasteiger charge is -2.10. The Balaban J connectivity index is 1.44. The van der Waals surface area contributed by atoms with Crippen molar-refractivity contribution in [3.05, 3.63) is 78.4 Å². The third kappa shape index (κ3) is 4.22. The van der Waals surface area contributed by atoms with E-state index in [0.717, 1.165) is 16.6 Å². The molecular formula is C24H21N3O3. The Hall–Kier alpha value is -3.93. The number of ketones is 1. The van der Waals surface area contributed by atoms with Gasteiger partial charge in [0.1, 0.15) is 11.6 Å². The summed E-state index contributed by atoms with van der Waals surface area (Å²) in [4.78, 5) is 32.0. The first-order valence-corrected chi connectivity index (χ1v) is 9.74. The molecule has 2 N–H and O–H groups in total. The molecule has 0 unspecified atom stereocenters. The van der Waals surface area contributed by atoms with Gasteiger partial charge in [-0.15, -0.1) is 0 Å². The van der Waals surface area contributed by atoms with Crippen LogP contribution >= 0.6 is 0 Å². The maximum atomic E-state index is 12.4. The van der Waals surface area contributed by atoms with Crippen LogP contribution in [-0.4, -0.2) is 28.3 Å². The molecule has 6 nitrogen and oxygen atoms in total.